The standard InChI is InChI=1S/C24H25N5O3S/c1-16-21-22(29(26-16)18-7-9-19(31-2)10-8-18)25-24(33-21)28-13-11-27(12-14-28)23(30)17-5-4-6-20(15-17)32-3/h4-10,15H,11-14H2,1-3H3. The van der Waals surface area contributed by atoms with Gasteiger partial charge in [0.2, 0.25) is 0 Å². The van der Waals surface area contributed by atoms with Crippen molar-refractivity contribution >= 4 is 32.7 Å². The van der Waals surface area contributed by atoms with Crippen molar-refractivity contribution in [1.29, 1.82) is 0 Å². The normalized spacial score (nSPS) is 14.0. The Morgan fingerprint density at radius 2 is 1.70 bits per heavy atom. The number of hydrogen-bond donors (Lipinski definition) is 0. The third-order valence-corrected chi connectivity index (χ3v) is 7.06. The maximum Gasteiger partial charge on any atom is 0.254 e. The molecule has 1 fully saturated rings. The summed E-state index contributed by atoms with van der Waals surface area (Å²) < 4.78 is 13.5. The van der Waals surface area contributed by atoms with E-state index in [1.54, 1.807) is 31.6 Å². The lowest BCUT2D eigenvalue weighted by molar-refractivity contribution is 0.0746. The number of carbonyl (C=O) groups excluding carboxylic acids is 1. The number of fused-ring (bicyclic) bond motifs is 1. The van der Waals surface area contributed by atoms with Gasteiger partial charge in [-0.2, -0.15) is 10.1 Å². The summed E-state index contributed by atoms with van der Waals surface area (Å²) >= 11 is 1.65. The van der Waals surface area contributed by atoms with Crippen LogP contribution in [0.15, 0.2) is 48.5 Å². The highest BCUT2D eigenvalue weighted by Gasteiger charge is 2.25. The molecule has 0 bridgehead atoms. The first-order valence-corrected chi connectivity index (χ1v) is 11.6. The summed E-state index contributed by atoms with van der Waals surface area (Å²) in [6.07, 6.45) is 0. The molecule has 170 valence electrons. The van der Waals surface area contributed by atoms with Crippen LogP contribution in [0.2, 0.25) is 0 Å². The first-order valence-electron chi connectivity index (χ1n) is 10.8. The number of benzene rings is 2. The van der Waals surface area contributed by atoms with Crippen molar-refractivity contribution in [3.8, 4) is 17.2 Å². The molecule has 0 N–H and O–H groups in total. The van der Waals surface area contributed by atoms with E-state index >= 15 is 0 Å². The Labute approximate surface area is 196 Å². The highest BCUT2D eigenvalue weighted by molar-refractivity contribution is 7.22. The number of anilines is 1. The third kappa shape index (κ3) is 4.00. The van der Waals surface area contributed by atoms with Gasteiger partial charge < -0.3 is 19.3 Å². The van der Waals surface area contributed by atoms with Crippen molar-refractivity contribution in [2.75, 3.05) is 45.3 Å². The van der Waals surface area contributed by atoms with Crippen molar-refractivity contribution in [1.82, 2.24) is 19.7 Å². The van der Waals surface area contributed by atoms with E-state index in [0.717, 1.165) is 45.7 Å². The Morgan fingerprint density at radius 1 is 0.970 bits per heavy atom. The summed E-state index contributed by atoms with van der Waals surface area (Å²) in [4.78, 5) is 22.0. The molecule has 0 radical (unpaired) electrons. The number of hydrogen-bond acceptors (Lipinski definition) is 7. The molecule has 0 saturated carbocycles. The Morgan fingerprint density at radius 3 is 2.39 bits per heavy atom. The van der Waals surface area contributed by atoms with Gasteiger partial charge in [-0.15, -0.1) is 0 Å². The predicted octanol–water partition coefficient (Wildman–Crippen LogP) is 3.77. The molecule has 9 heteroatoms. The van der Waals surface area contributed by atoms with Gasteiger partial charge in [-0.05, 0) is 49.4 Å². The van der Waals surface area contributed by atoms with E-state index in [0.29, 0.717) is 24.4 Å². The van der Waals surface area contributed by atoms with Crippen LogP contribution in [0.3, 0.4) is 0 Å². The topological polar surface area (TPSA) is 72.7 Å². The molecule has 2 aromatic carbocycles. The van der Waals surface area contributed by atoms with Crippen molar-refractivity contribution in [2.24, 2.45) is 0 Å². The first-order chi connectivity index (χ1) is 16.1. The van der Waals surface area contributed by atoms with E-state index in [-0.39, 0.29) is 5.91 Å². The van der Waals surface area contributed by atoms with E-state index in [4.69, 9.17) is 14.5 Å². The predicted molar refractivity (Wildman–Crippen MR) is 129 cm³/mol. The molecule has 1 saturated heterocycles. The van der Waals surface area contributed by atoms with Crippen molar-refractivity contribution in [2.45, 2.75) is 6.92 Å². The van der Waals surface area contributed by atoms with Gasteiger partial charge in [0.15, 0.2) is 10.8 Å². The molecule has 0 atom stereocenters. The Bertz CT molecular complexity index is 1290. The van der Waals surface area contributed by atoms with Crippen LogP contribution in [0.25, 0.3) is 16.0 Å². The number of nitrogens with zero attached hydrogens (tertiary/aromatic N) is 5. The van der Waals surface area contributed by atoms with Gasteiger partial charge in [-0.1, -0.05) is 17.4 Å². The van der Waals surface area contributed by atoms with Gasteiger partial charge in [-0.25, -0.2) is 4.68 Å². The summed E-state index contributed by atoms with van der Waals surface area (Å²) in [5.41, 5.74) is 3.40. The Balaban J connectivity index is 1.33. The highest BCUT2D eigenvalue weighted by Crippen LogP contribution is 2.33. The molecule has 1 amide bonds. The number of aryl methyl sites for hydroxylation is 1. The fourth-order valence-electron chi connectivity index (χ4n) is 4.00. The number of aromatic nitrogens is 3. The SMILES string of the molecule is COc1ccc(-n2nc(C)c3sc(N4CCN(C(=O)c5cccc(OC)c5)CC4)nc32)cc1. The molecule has 5 rings (SSSR count). The van der Waals surface area contributed by atoms with Crippen LogP contribution in [0, 0.1) is 6.92 Å². The number of carbonyl (C=O) groups is 1. The number of rotatable bonds is 5. The molecular weight excluding hydrogens is 438 g/mol. The molecule has 1 aliphatic heterocycles. The maximum absolute atomic E-state index is 12.9. The van der Waals surface area contributed by atoms with Crippen LogP contribution in [0.1, 0.15) is 16.1 Å². The maximum atomic E-state index is 12.9. The summed E-state index contributed by atoms with van der Waals surface area (Å²) in [5.74, 6) is 1.53. The lowest BCUT2D eigenvalue weighted by Gasteiger charge is -2.34. The number of methoxy groups -OCH3 is 2. The van der Waals surface area contributed by atoms with Crippen molar-refractivity contribution in [3.05, 3.63) is 59.8 Å². The Kier molecular flexibility index (Phi) is 5.63. The first kappa shape index (κ1) is 21.3. The minimum atomic E-state index is 0.0313. The summed E-state index contributed by atoms with van der Waals surface area (Å²) in [5, 5.41) is 5.65. The van der Waals surface area contributed by atoms with Crippen LogP contribution < -0.4 is 14.4 Å². The van der Waals surface area contributed by atoms with Gasteiger partial charge in [0, 0.05) is 31.7 Å². The van der Waals surface area contributed by atoms with E-state index in [9.17, 15) is 4.79 Å². The average Bonchev–Trinajstić information content (AvgIpc) is 3.44. The molecule has 0 aliphatic carbocycles. The number of amides is 1. The molecule has 33 heavy (non-hydrogen) atoms. The molecule has 0 unspecified atom stereocenters. The summed E-state index contributed by atoms with van der Waals surface area (Å²) in [7, 11) is 3.26. The summed E-state index contributed by atoms with van der Waals surface area (Å²) in [6, 6.07) is 15.1. The van der Waals surface area contributed by atoms with Gasteiger partial charge >= 0.3 is 0 Å². The van der Waals surface area contributed by atoms with Crippen LogP contribution in [0.5, 0.6) is 11.5 Å². The van der Waals surface area contributed by atoms with Crippen LogP contribution in [0.4, 0.5) is 5.13 Å². The second-order valence-corrected chi connectivity index (χ2v) is 8.83. The fourth-order valence-corrected chi connectivity index (χ4v) is 5.04. The fraction of sp³-hybridized carbons (Fsp3) is 0.292. The van der Waals surface area contributed by atoms with E-state index < -0.39 is 0 Å². The second kappa shape index (κ2) is 8.74. The molecule has 3 heterocycles. The van der Waals surface area contributed by atoms with Crippen molar-refractivity contribution < 1.29 is 14.3 Å². The van der Waals surface area contributed by atoms with E-state index in [1.807, 2.05) is 59.0 Å². The lowest BCUT2D eigenvalue weighted by atomic mass is 10.1. The highest BCUT2D eigenvalue weighted by atomic mass is 32.1. The average molecular weight is 464 g/mol. The smallest absolute Gasteiger partial charge is 0.254 e. The number of piperazine rings is 1. The molecule has 8 nitrogen and oxygen atoms in total. The second-order valence-electron chi connectivity index (χ2n) is 7.86. The van der Waals surface area contributed by atoms with E-state index in [1.165, 1.54) is 0 Å². The summed E-state index contributed by atoms with van der Waals surface area (Å²) in [6.45, 7) is 4.78. The largest absolute Gasteiger partial charge is 0.497 e. The zero-order chi connectivity index (χ0) is 22.9. The molecule has 1 aliphatic rings. The van der Waals surface area contributed by atoms with Crippen LogP contribution >= 0.6 is 11.3 Å². The number of ether oxygens (including phenoxy) is 2. The Hall–Kier alpha value is -3.59. The zero-order valence-corrected chi connectivity index (χ0v) is 19.6. The van der Waals surface area contributed by atoms with Crippen LogP contribution in [-0.4, -0.2) is 66.0 Å². The molecule has 2 aromatic heterocycles. The monoisotopic (exact) mass is 463 g/mol. The van der Waals surface area contributed by atoms with Gasteiger partial charge in [0.05, 0.1) is 30.3 Å². The van der Waals surface area contributed by atoms with Gasteiger partial charge in [0.25, 0.3) is 5.91 Å². The van der Waals surface area contributed by atoms with Crippen molar-refractivity contribution in [3.63, 3.8) is 0 Å². The zero-order valence-electron chi connectivity index (χ0n) is 18.8. The van der Waals surface area contributed by atoms with Gasteiger partial charge in [0.1, 0.15) is 11.5 Å². The van der Waals surface area contributed by atoms with Gasteiger partial charge in [-0.3, -0.25) is 4.79 Å². The third-order valence-electron chi connectivity index (χ3n) is 5.85. The van der Waals surface area contributed by atoms with E-state index in [2.05, 4.69) is 10.00 Å². The molecule has 0 spiro atoms. The lowest BCUT2D eigenvalue weighted by Crippen LogP contribution is -2.48. The number of thiazole rings is 1. The molecular formula is C24H25N5O3S. The quantitative estimate of drug-likeness (QED) is 0.449. The minimum absolute atomic E-state index is 0.0313. The van der Waals surface area contributed by atoms with Crippen LogP contribution in [-0.2, 0) is 0 Å². The minimum Gasteiger partial charge on any atom is -0.497 e. The molecule has 4 aromatic rings.